The first-order valence-electron chi connectivity index (χ1n) is 2.94. The Labute approximate surface area is 82.1 Å². The summed E-state index contributed by atoms with van der Waals surface area (Å²) in [7, 11) is 0. The predicted molar refractivity (Wildman–Crippen MR) is 53.8 cm³/mol. The van der Waals surface area contributed by atoms with E-state index in [9.17, 15) is 4.79 Å². The van der Waals surface area contributed by atoms with E-state index in [1.165, 1.54) is 11.3 Å². The highest BCUT2D eigenvalue weighted by Gasteiger charge is 2.06. The summed E-state index contributed by atoms with van der Waals surface area (Å²) in [4.78, 5) is 11.8. The van der Waals surface area contributed by atoms with Gasteiger partial charge in [-0.05, 0) is 34.0 Å². The van der Waals surface area contributed by atoms with Gasteiger partial charge in [-0.15, -0.1) is 11.3 Å². The first-order chi connectivity index (χ1) is 5.20. The Bertz CT molecular complexity index is 235. The van der Waals surface area contributed by atoms with Gasteiger partial charge in [-0.2, -0.15) is 0 Å². The number of nitrogens with two attached hydrogens (primary N) is 1. The maximum Gasteiger partial charge on any atom is 0.263 e. The number of thiophene rings is 1. The van der Waals surface area contributed by atoms with Crippen LogP contribution in [0.25, 0.3) is 0 Å². The van der Waals surface area contributed by atoms with Gasteiger partial charge in [0.2, 0.25) is 0 Å². The van der Waals surface area contributed by atoms with E-state index < -0.39 is 0 Å². The third kappa shape index (κ3) is 2.76. The fourth-order valence-corrected chi connectivity index (χ4v) is 1.51. The first-order valence-corrected chi connectivity index (χ1v) is 5.06. The van der Waals surface area contributed by atoms with Crippen LogP contribution in [0.1, 0.15) is 9.67 Å². The molecule has 0 aliphatic carbocycles. The number of alkyl halides is 1. The van der Waals surface area contributed by atoms with Crippen molar-refractivity contribution in [3.05, 3.63) is 22.4 Å². The molecule has 11 heavy (non-hydrogen) atoms. The third-order valence-corrected chi connectivity index (χ3v) is 2.19. The Hall–Kier alpha value is -0.140. The van der Waals surface area contributed by atoms with Crippen molar-refractivity contribution >= 4 is 39.8 Å². The topological polar surface area (TPSA) is 55.1 Å². The summed E-state index contributed by atoms with van der Waals surface area (Å²) in [6.45, 7) is 0. The second-order valence-electron chi connectivity index (χ2n) is 1.85. The lowest BCUT2D eigenvalue weighted by Crippen LogP contribution is -2.35. The van der Waals surface area contributed by atoms with Crippen LogP contribution in [0, 0.1) is 0 Å². The minimum Gasteiger partial charge on any atom is -0.327 e. The molecule has 0 aliphatic heterocycles. The second-order valence-corrected chi connectivity index (χ2v) is 4.14. The summed E-state index contributed by atoms with van der Waals surface area (Å²) < 4.78 is -0.317. The smallest absolute Gasteiger partial charge is 0.263 e. The van der Waals surface area contributed by atoms with Crippen molar-refractivity contribution in [2.75, 3.05) is 0 Å². The normalized spacial score (nSPS) is 12.5. The Kier molecular flexibility index (Phi) is 3.28. The molecule has 0 aromatic carbocycles. The van der Waals surface area contributed by atoms with Crippen LogP contribution in [-0.4, -0.2) is 10.1 Å². The summed E-state index contributed by atoms with van der Waals surface area (Å²) in [6.07, 6.45) is 0. The summed E-state index contributed by atoms with van der Waals surface area (Å²) in [5.74, 6) is -0.109. The molecule has 0 saturated carbocycles. The molecule has 1 aromatic rings. The largest absolute Gasteiger partial charge is 0.327 e. The molecular weight excluding hydrogens is 275 g/mol. The van der Waals surface area contributed by atoms with Gasteiger partial charge in [-0.3, -0.25) is 4.79 Å². The zero-order valence-corrected chi connectivity index (χ0v) is 8.56. The fourth-order valence-electron chi connectivity index (χ4n) is 0.604. The number of halogens is 1. The molecule has 3 N–H and O–H groups in total. The monoisotopic (exact) mass is 282 g/mol. The van der Waals surface area contributed by atoms with E-state index in [1.54, 1.807) is 6.07 Å². The molecule has 0 fully saturated rings. The molecule has 0 aliphatic rings. The van der Waals surface area contributed by atoms with Gasteiger partial charge in [0.15, 0.2) is 0 Å². The summed E-state index contributed by atoms with van der Waals surface area (Å²) in [5.41, 5.74) is 5.36. The highest BCUT2D eigenvalue weighted by atomic mass is 127. The third-order valence-electron chi connectivity index (χ3n) is 1.01. The minimum atomic E-state index is -0.317. The van der Waals surface area contributed by atoms with Crippen LogP contribution in [0.15, 0.2) is 17.5 Å². The number of nitrogens with one attached hydrogen (secondary N) is 1. The van der Waals surface area contributed by atoms with E-state index in [0.29, 0.717) is 4.88 Å². The number of hydrogen-bond donors (Lipinski definition) is 2. The van der Waals surface area contributed by atoms with Gasteiger partial charge in [-0.25, -0.2) is 0 Å². The van der Waals surface area contributed by atoms with Gasteiger partial charge in [-0.1, -0.05) is 6.07 Å². The van der Waals surface area contributed by atoms with Gasteiger partial charge < -0.3 is 11.1 Å². The number of carbonyl (C=O) groups excluding carboxylic acids is 1. The molecule has 1 rings (SSSR count). The molecule has 0 spiro atoms. The molecule has 1 heterocycles. The lowest BCUT2D eigenvalue weighted by atomic mass is 10.4. The average Bonchev–Trinajstić information content (AvgIpc) is 2.35. The lowest BCUT2D eigenvalue weighted by molar-refractivity contribution is 0.0956. The van der Waals surface area contributed by atoms with Crippen LogP contribution in [0.5, 0.6) is 0 Å². The molecule has 3 nitrogen and oxygen atoms in total. The van der Waals surface area contributed by atoms with E-state index in [0.717, 1.165) is 0 Å². The van der Waals surface area contributed by atoms with Gasteiger partial charge in [0, 0.05) is 0 Å². The van der Waals surface area contributed by atoms with Crippen molar-refractivity contribution in [3.63, 3.8) is 0 Å². The van der Waals surface area contributed by atoms with Crippen LogP contribution in [0.2, 0.25) is 0 Å². The Morgan fingerprint density at radius 2 is 2.55 bits per heavy atom. The maximum atomic E-state index is 11.1. The first kappa shape index (κ1) is 8.95. The van der Waals surface area contributed by atoms with Crippen LogP contribution in [0.4, 0.5) is 0 Å². The van der Waals surface area contributed by atoms with Gasteiger partial charge in [0.1, 0.15) is 4.17 Å². The van der Waals surface area contributed by atoms with E-state index in [2.05, 4.69) is 5.32 Å². The lowest BCUT2D eigenvalue weighted by Gasteiger charge is -2.03. The molecule has 1 atom stereocenters. The van der Waals surface area contributed by atoms with E-state index >= 15 is 0 Å². The highest BCUT2D eigenvalue weighted by Crippen LogP contribution is 2.07. The number of rotatable bonds is 2. The minimum absolute atomic E-state index is 0.109. The standard InChI is InChI=1S/C6H7IN2OS/c7-6(8)9-5(10)4-2-1-3-11-4/h1-3,6H,8H2,(H,9,10). The molecule has 1 aromatic heterocycles. The zero-order valence-electron chi connectivity index (χ0n) is 5.58. The molecule has 1 unspecified atom stereocenters. The quantitative estimate of drug-likeness (QED) is 0.370. The van der Waals surface area contributed by atoms with Crippen molar-refractivity contribution in [3.8, 4) is 0 Å². The van der Waals surface area contributed by atoms with Crippen molar-refractivity contribution in [1.82, 2.24) is 5.32 Å². The Balaban J connectivity index is 2.57. The van der Waals surface area contributed by atoms with Crippen molar-refractivity contribution in [2.24, 2.45) is 5.73 Å². The Morgan fingerprint density at radius 3 is 3.00 bits per heavy atom. The van der Waals surface area contributed by atoms with Crippen molar-refractivity contribution in [1.29, 1.82) is 0 Å². The number of amides is 1. The average molecular weight is 282 g/mol. The van der Waals surface area contributed by atoms with Crippen LogP contribution >= 0.6 is 33.9 Å². The number of carbonyl (C=O) groups is 1. The van der Waals surface area contributed by atoms with Gasteiger partial charge >= 0.3 is 0 Å². The van der Waals surface area contributed by atoms with E-state index in [4.69, 9.17) is 5.73 Å². The second kappa shape index (κ2) is 4.03. The van der Waals surface area contributed by atoms with Gasteiger partial charge in [0.05, 0.1) is 4.88 Å². The summed E-state index contributed by atoms with van der Waals surface area (Å²) in [5, 5.41) is 4.44. The maximum absolute atomic E-state index is 11.1. The predicted octanol–water partition coefficient (Wildman–Crippen LogP) is 1.16. The van der Waals surface area contributed by atoms with Gasteiger partial charge in [0.25, 0.3) is 5.91 Å². The molecule has 1 amide bonds. The molecular formula is C6H7IN2OS. The molecule has 60 valence electrons. The number of hydrogen-bond acceptors (Lipinski definition) is 3. The van der Waals surface area contributed by atoms with E-state index in [-0.39, 0.29) is 10.1 Å². The van der Waals surface area contributed by atoms with Crippen LogP contribution < -0.4 is 11.1 Å². The van der Waals surface area contributed by atoms with Crippen LogP contribution in [0.3, 0.4) is 0 Å². The molecule has 0 radical (unpaired) electrons. The molecule has 5 heteroatoms. The summed E-state index contributed by atoms with van der Waals surface area (Å²) >= 11 is 3.34. The van der Waals surface area contributed by atoms with Crippen LogP contribution in [-0.2, 0) is 0 Å². The van der Waals surface area contributed by atoms with Crippen molar-refractivity contribution in [2.45, 2.75) is 4.17 Å². The van der Waals surface area contributed by atoms with Crippen molar-refractivity contribution < 1.29 is 4.79 Å². The zero-order chi connectivity index (χ0) is 8.27. The van der Waals surface area contributed by atoms with E-state index in [1.807, 2.05) is 34.0 Å². The molecule has 0 bridgehead atoms. The SMILES string of the molecule is NC(I)NC(=O)c1cccs1. The molecule has 0 saturated heterocycles. The Morgan fingerprint density at radius 1 is 1.82 bits per heavy atom. The highest BCUT2D eigenvalue weighted by molar-refractivity contribution is 14.1. The fraction of sp³-hybridized carbons (Fsp3) is 0.167. The summed E-state index contributed by atoms with van der Waals surface area (Å²) in [6, 6.07) is 3.59.